The van der Waals surface area contributed by atoms with Crippen molar-refractivity contribution in [3.05, 3.63) is 57.3 Å². The second-order valence-corrected chi connectivity index (χ2v) is 5.40. The van der Waals surface area contributed by atoms with Gasteiger partial charge in [0.05, 0.1) is 6.54 Å². The quantitative estimate of drug-likeness (QED) is 0.775. The normalized spacial score (nSPS) is 11.0. The molecular weight excluding hydrogens is 278 g/mol. The number of nitrogens with one attached hydrogen (secondary N) is 2. The predicted molar refractivity (Wildman–Crippen MR) is 87.3 cm³/mol. The van der Waals surface area contributed by atoms with Crippen LogP contribution in [0.4, 0.5) is 5.69 Å². The van der Waals surface area contributed by atoms with Crippen molar-refractivity contribution in [3.8, 4) is 0 Å². The summed E-state index contributed by atoms with van der Waals surface area (Å²) in [5, 5.41) is 3.11. The SMILES string of the molecule is CCc1cc(NCc2nc3c(C)cccc3o2)c(=O)[nH]c1C. The van der Waals surface area contributed by atoms with Crippen molar-refractivity contribution in [1.29, 1.82) is 0 Å². The lowest BCUT2D eigenvalue weighted by molar-refractivity contribution is 0.540. The number of pyridine rings is 1. The summed E-state index contributed by atoms with van der Waals surface area (Å²) in [7, 11) is 0. The molecule has 2 N–H and O–H groups in total. The van der Waals surface area contributed by atoms with Crippen LogP contribution in [0.3, 0.4) is 0 Å². The summed E-state index contributed by atoms with van der Waals surface area (Å²) >= 11 is 0. The zero-order valence-electron chi connectivity index (χ0n) is 13.0. The summed E-state index contributed by atoms with van der Waals surface area (Å²) in [4.78, 5) is 19.3. The van der Waals surface area contributed by atoms with Crippen LogP contribution in [0.5, 0.6) is 0 Å². The van der Waals surface area contributed by atoms with E-state index in [1.54, 1.807) is 0 Å². The molecule has 3 rings (SSSR count). The second-order valence-electron chi connectivity index (χ2n) is 5.40. The minimum atomic E-state index is -0.123. The third kappa shape index (κ3) is 2.62. The second kappa shape index (κ2) is 5.67. The number of para-hydroxylation sites is 1. The maximum atomic E-state index is 12.0. The highest BCUT2D eigenvalue weighted by molar-refractivity contribution is 5.76. The zero-order valence-corrected chi connectivity index (χ0v) is 13.0. The fourth-order valence-corrected chi connectivity index (χ4v) is 2.54. The lowest BCUT2D eigenvalue weighted by Gasteiger charge is -2.07. The van der Waals surface area contributed by atoms with E-state index in [0.717, 1.165) is 34.3 Å². The topological polar surface area (TPSA) is 70.9 Å². The van der Waals surface area contributed by atoms with Gasteiger partial charge in [0.15, 0.2) is 5.58 Å². The first-order valence-corrected chi connectivity index (χ1v) is 7.40. The third-order valence-corrected chi connectivity index (χ3v) is 3.82. The van der Waals surface area contributed by atoms with Gasteiger partial charge in [0.25, 0.3) is 5.56 Å². The minimum absolute atomic E-state index is 0.123. The van der Waals surface area contributed by atoms with Crippen LogP contribution in [0.25, 0.3) is 11.1 Å². The van der Waals surface area contributed by atoms with Crippen molar-refractivity contribution >= 4 is 16.8 Å². The molecule has 2 heterocycles. The van der Waals surface area contributed by atoms with E-state index in [4.69, 9.17) is 4.42 Å². The minimum Gasteiger partial charge on any atom is -0.439 e. The molecule has 0 aliphatic carbocycles. The fraction of sp³-hybridized carbons (Fsp3) is 0.294. The molecule has 1 aromatic carbocycles. The summed E-state index contributed by atoms with van der Waals surface area (Å²) in [5.74, 6) is 0.572. The lowest BCUT2D eigenvalue weighted by Crippen LogP contribution is -2.16. The van der Waals surface area contributed by atoms with Crippen LogP contribution in [0.2, 0.25) is 0 Å². The van der Waals surface area contributed by atoms with Crippen molar-refractivity contribution < 1.29 is 4.42 Å². The number of aryl methyl sites for hydroxylation is 3. The molecule has 0 aliphatic rings. The molecule has 5 heteroatoms. The molecular formula is C17H19N3O2. The fourth-order valence-electron chi connectivity index (χ4n) is 2.54. The number of nitrogens with zero attached hydrogens (tertiary/aromatic N) is 1. The van der Waals surface area contributed by atoms with Crippen molar-refractivity contribution in [3.63, 3.8) is 0 Å². The molecule has 0 amide bonds. The Morgan fingerprint density at radius 1 is 1.32 bits per heavy atom. The highest BCUT2D eigenvalue weighted by Gasteiger charge is 2.09. The summed E-state index contributed by atoms with van der Waals surface area (Å²) in [6.45, 7) is 6.35. The Hall–Kier alpha value is -2.56. The Balaban J connectivity index is 1.85. The molecule has 0 radical (unpaired) electrons. The van der Waals surface area contributed by atoms with E-state index >= 15 is 0 Å². The van der Waals surface area contributed by atoms with Gasteiger partial charge >= 0.3 is 0 Å². The Labute approximate surface area is 128 Å². The van der Waals surface area contributed by atoms with Crippen LogP contribution >= 0.6 is 0 Å². The van der Waals surface area contributed by atoms with Gasteiger partial charge < -0.3 is 14.7 Å². The van der Waals surface area contributed by atoms with Crippen molar-refractivity contribution in [2.45, 2.75) is 33.7 Å². The van der Waals surface area contributed by atoms with Crippen molar-refractivity contribution in [2.75, 3.05) is 5.32 Å². The number of rotatable bonds is 4. The first kappa shape index (κ1) is 14.4. The van der Waals surface area contributed by atoms with E-state index in [2.05, 4.69) is 22.2 Å². The summed E-state index contributed by atoms with van der Waals surface area (Å²) in [5.41, 5.74) is 5.17. The van der Waals surface area contributed by atoms with Gasteiger partial charge in [-0.15, -0.1) is 0 Å². The average molecular weight is 297 g/mol. The van der Waals surface area contributed by atoms with Gasteiger partial charge in [-0.25, -0.2) is 4.98 Å². The molecule has 0 unspecified atom stereocenters. The van der Waals surface area contributed by atoms with Crippen LogP contribution in [0, 0.1) is 13.8 Å². The van der Waals surface area contributed by atoms with Gasteiger partial charge in [0.1, 0.15) is 11.2 Å². The monoisotopic (exact) mass is 297 g/mol. The van der Waals surface area contributed by atoms with E-state index in [0.29, 0.717) is 18.1 Å². The van der Waals surface area contributed by atoms with Crippen LogP contribution in [0.15, 0.2) is 33.5 Å². The van der Waals surface area contributed by atoms with Gasteiger partial charge in [0.2, 0.25) is 5.89 Å². The highest BCUT2D eigenvalue weighted by Crippen LogP contribution is 2.19. The molecule has 0 saturated heterocycles. The molecule has 3 aromatic rings. The average Bonchev–Trinajstić information content (AvgIpc) is 2.91. The Morgan fingerprint density at radius 3 is 2.86 bits per heavy atom. The lowest BCUT2D eigenvalue weighted by atomic mass is 10.1. The Kier molecular flexibility index (Phi) is 3.71. The number of benzene rings is 1. The highest BCUT2D eigenvalue weighted by atomic mass is 16.3. The Bertz CT molecular complexity index is 877. The number of oxazole rings is 1. The molecule has 0 aliphatic heterocycles. The maximum absolute atomic E-state index is 12.0. The number of H-pyrrole nitrogens is 1. The number of hydrogen-bond donors (Lipinski definition) is 2. The van der Waals surface area contributed by atoms with Gasteiger partial charge in [-0.05, 0) is 43.5 Å². The van der Waals surface area contributed by atoms with E-state index < -0.39 is 0 Å². The number of aromatic amines is 1. The molecule has 0 atom stereocenters. The van der Waals surface area contributed by atoms with E-state index in [9.17, 15) is 4.79 Å². The molecule has 5 nitrogen and oxygen atoms in total. The van der Waals surface area contributed by atoms with Crippen molar-refractivity contribution in [1.82, 2.24) is 9.97 Å². The van der Waals surface area contributed by atoms with Gasteiger partial charge in [-0.1, -0.05) is 19.1 Å². The van der Waals surface area contributed by atoms with Crippen LogP contribution in [-0.2, 0) is 13.0 Å². The van der Waals surface area contributed by atoms with Crippen molar-refractivity contribution in [2.24, 2.45) is 0 Å². The third-order valence-electron chi connectivity index (χ3n) is 3.82. The molecule has 2 aromatic heterocycles. The molecule has 0 fully saturated rings. The summed E-state index contributed by atoms with van der Waals surface area (Å²) in [6.07, 6.45) is 0.874. The number of hydrogen-bond acceptors (Lipinski definition) is 4. The van der Waals surface area contributed by atoms with E-state index in [1.807, 2.05) is 38.1 Å². The van der Waals surface area contributed by atoms with Gasteiger partial charge in [0, 0.05) is 5.69 Å². The van der Waals surface area contributed by atoms with E-state index in [1.165, 1.54) is 0 Å². The van der Waals surface area contributed by atoms with Gasteiger partial charge in [-0.2, -0.15) is 0 Å². The zero-order chi connectivity index (χ0) is 15.7. The number of fused-ring (bicyclic) bond motifs is 1. The summed E-state index contributed by atoms with van der Waals surface area (Å²) < 4.78 is 5.70. The predicted octanol–water partition coefficient (Wildman–Crippen LogP) is 3.31. The molecule has 0 spiro atoms. The smallest absolute Gasteiger partial charge is 0.271 e. The van der Waals surface area contributed by atoms with Crippen LogP contribution in [0.1, 0.15) is 29.6 Å². The van der Waals surface area contributed by atoms with E-state index in [-0.39, 0.29) is 5.56 Å². The number of anilines is 1. The van der Waals surface area contributed by atoms with Crippen LogP contribution < -0.4 is 10.9 Å². The van der Waals surface area contributed by atoms with Gasteiger partial charge in [-0.3, -0.25) is 4.79 Å². The first-order valence-electron chi connectivity index (χ1n) is 7.40. The standard InChI is InChI=1S/C17H19N3O2/c1-4-12-8-13(17(21)19-11(12)3)18-9-15-20-16-10(2)6-5-7-14(16)22-15/h5-8,18H,4,9H2,1-3H3,(H,19,21). The first-order chi connectivity index (χ1) is 10.6. The molecule has 114 valence electrons. The van der Waals surface area contributed by atoms with Crippen LogP contribution in [-0.4, -0.2) is 9.97 Å². The largest absolute Gasteiger partial charge is 0.439 e. The molecule has 22 heavy (non-hydrogen) atoms. The molecule has 0 saturated carbocycles. The number of aromatic nitrogens is 2. The maximum Gasteiger partial charge on any atom is 0.271 e. The summed E-state index contributed by atoms with van der Waals surface area (Å²) in [6, 6.07) is 7.73. The molecule has 0 bridgehead atoms. The Morgan fingerprint density at radius 2 is 2.14 bits per heavy atom.